The van der Waals surface area contributed by atoms with Gasteiger partial charge in [-0.2, -0.15) is 0 Å². The van der Waals surface area contributed by atoms with Gasteiger partial charge in [0.1, 0.15) is 0 Å². The quantitative estimate of drug-likeness (QED) is 0.174. The predicted molar refractivity (Wildman–Crippen MR) is 181 cm³/mol. The normalized spacial score (nSPS) is 6.66. The summed E-state index contributed by atoms with van der Waals surface area (Å²) < 4.78 is 0. The van der Waals surface area contributed by atoms with Gasteiger partial charge in [0, 0.05) is 0 Å². The molecule has 0 aliphatic heterocycles. The fourth-order valence-corrected chi connectivity index (χ4v) is 1.41. The Hall–Kier alpha value is 4.58. The summed E-state index contributed by atoms with van der Waals surface area (Å²) in [6, 6.07) is 0. The van der Waals surface area contributed by atoms with Gasteiger partial charge in [-0.1, -0.05) is 64.4 Å². The fourth-order valence-electron chi connectivity index (χ4n) is 1.41. The molecule has 206 valence electrons. The van der Waals surface area contributed by atoms with Gasteiger partial charge >= 0.3 is 0 Å². The van der Waals surface area contributed by atoms with E-state index in [2.05, 4.69) is 13.5 Å². The Labute approximate surface area is 283 Å². The Morgan fingerprint density at radius 1 is 0.517 bits per heavy atom. The van der Waals surface area contributed by atoms with E-state index in [0.717, 1.165) is 0 Å². The molecule has 0 bridgehead atoms. The van der Waals surface area contributed by atoms with E-state index in [1.807, 2.05) is 6.08 Å². The molecule has 0 saturated heterocycles. The van der Waals surface area contributed by atoms with E-state index in [0.29, 0.717) is 0 Å². The summed E-state index contributed by atoms with van der Waals surface area (Å²) >= 11 is 0. The molecule has 0 atom stereocenters. The van der Waals surface area contributed by atoms with E-state index >= 15 is 0 Å². The van der Waals surface area contributed by atoms with Crippen molar-refractivity contribution in [1.82, 2.24) is 6.15 Å². The van der Waals surface area contributed by atoms with Gasteiger partial charge in [-0.05, 0) is 6.42 Å². The zero-order chi connectivity index (χ0) is 9.07. The van der Waals surface area contributed by atoms with Crippen LogP contribution in [0.4, 0.5) is 0 Å². The third-order valence-electron chi connectivity index (χ3n) is 2.26. The second-order valence-electron chi connectivity index (χ2n) is 3.55. The van der Waals surface area contributed by atoms with E-state index in [1.165, 1.54) is 57.8 Å². The van der Waals surface area contributed by atoms with Crippen molar-refractivity contribution in [2.75, 3.05) is 0 Å². The molecule has 1 fully saturated rings. The van der Waals surface area contributed by atoms with Crippen LogP contribution in [-0.4, -0.2) is 17.4 Å². The molecule has 0 unspecified atom stereocenters. The number of hydrogen-bond donors (Lipinski definition) is 1. The van der Waals surface area contributed by atoms with Gasteiger partial charge in [-0.15, -0.1) is 193 Å². The Morgan fingerprint density at radius 2 is 0.690 bits per heavy atom. The summed E-state index contributed by atoms with van der Waals surface area (Å²) in [6.45, 7) is 5.78. The van der Waals surface area contributed by atoms with Crippen LogP contribution in [0, 0.1) is 0 Å². The van der Waals surface area contributed by atoms with E-state index in [9.17, 15) is 0 Å². The molecule has 1 rings (SSSR count). The van der Waals surface area contributed by atoms with Crippen LogP contribution < -0.4 is 6.15 Å². The summed E-state index contributed by atoms with van der Waals surface area (Å²) in [7, 11) is 0. The summed E-state index contributed by atoms with van der Waals surface area (Å²) in [5.41, 5.74) is 0. The van der Waals surface area contributed by atoms with Gasteiger partial charge in [0.15, 0.2) is 17.4 Å². The molecule has 0 heterocycles. The van der Waals surface area contributed by atoms with Crippen LogP contribution in [0.15, 0.2) is 12.7 Å². The number of unbranched alkanes of at least 4 members (excludes halogenated alkanes) is 2. The smallest absolute Gasteiger partial charge is 0.187 e. The molecule has 1 aliphatic carbocycles. The van der Waals surface area contributed by atoms with Crippen LogP contribution in [0.3, 0.4) is 0 Å². The number of halogens is 15. The monoisotopic (exact) mass is 755 g/mol. The van der Waals surface area contributed by atoms with Crippen LogP contribution in [0.5, 0.6) is 0 Å². The molecule has 0 aromatic carbocycles. The largest absolute Gasteiger partial charge is 0.344 e. The second-order valence-corrected chi connectivity index (χ2v) is 3.55. The van der Waals surface area contributed by atoms with Crippen LogP contribution in [0.1, 0.15) is 64.7 Å². The first-order valence-corrected chi connectivity index (χ1v) is 5.52. The van der Waals surface area contributed by atoms with Crippen LogP contribution in [-0.2, 0) is 0 Å². The number of hydrogen-bond acceptors (Lipinski definition) is 1. The van der Waals surface area contributed by atoms with Crippen LogP contribution in [0.25, 0.3) is 0 Å². The van der Waals surface area contributed by atoms with Gasteiger partial charge in [0.05, 0.1) is 0 Å². The van der Waals surface area contributed by atoms with Crippen molar-refractivity contribution >= 4 is 203 Å². The van der Waals surface area contributed by atoms with Crippen LogP contribution in [0.2, 0.25) is 0 Å². The van der Waals surface area contributed by atoms with Crippen molar-refractivity contribution in [3.05, 3.63) is 12.7 Å². The molecule has 0 radical (unpaired) electrons. The zero-order valence-electron chi connectivity index (χ0n) is 15.5. The minimum absolute atomic E-state index is 0. The second kappa shape index (κ2) is 153. The average molecular weight is 762 g/mol. The maximum atomic E-state index is 3.60. The SMILES string of the molecule is C1CCCCC1.C=CCCCC.Cl.Cl.Cl.Cl.Cl.Cl.Cl.Cl.Cl.Cl.Cl.Cl.Cl.Cl.Cl.N.[AlH3]. The Balaban J connectivity index is -0.00000000329. The Morgan fingerprint density at radius 3 is 0.759 bits per heavy atom. The van der Waals surface area contributed by atoms with E-state index in [1.54, 1.807) is 0 Å². The summed E-state index contributed by atoms with van der Waals surface area (Å²) in [5.74, 6) is 0. The summed E-state index contributed by atoms with van der Waals surface area (Å²) in [5, 5.41) is 0. The first-order chi connectivity index (χ1) is 5.91. The van der Waals surface area contributed by atoms with Crippen molar-refractivity contribution in [2.45, 2.75) is 64.7 Å². The molecule has 1 nitrogen and oxygen atoms in total. The predicted octanol–water partition coefficient (Wildman–Crippen LogP) is 10.0. The molecule has 3 N–H and O–H groups in total. The van der Waals surface area contributed by atoms with E-state index < -0.39 is 0 Å². The first-order valence-electron chi connectivity index (χ1n) is 5.52. The highest BCUT2D eigenvalue weighted by molar-refractivity contribution is 5.87. The average Bonchev–Trinajstić information content (AvgIpc) is 2.18. The first kappa shape index (κ1) is 147. The maximum Gasteiger partial charge on any atom is 0.187 e. The fraction of sp³-hybridized carbons (Fsp3) is 0.833. The third-order valence-corrected chi connectivity index (χ3v) is 2.26. The molecular weight excluding hydrogens is 717 g/mol. The Bertz CT molecular complexity index is 108. The van der Waals surface area contributed by atoms with E-state index in [4.69, 9.17) is 0 Å². The molecule has 17 heteroatoms. The highest BCUT2D eigenvalue weighted by Crippen LogP contribution is 2.15. The molecule has 29 heavy (non-hydrogen) atoms. The van der Waals surface area contributed by atoms with Gasteiger partial charge in [-0.25, -0.2) is 0 Å². The third kappa shape index (κ3) is 165. The molecular formula is C12H45AlCl15N. The van der Waals surface area contributed by atoms with Crippen molar-refractivity contribution in [3.63, 3.8) is 0 Å². The molecule has 0 amide bonds. The Kier molecular flexibility index (Phi) is 774. The van der Waals surface area contributed by atoms with E-state index in [-0.39, 0.29) is 210 Å². The summed E-state index contributed by atoms with van der Waals surface area (Å²) in [6.07, 6.45) is 14.7. The highest BCUT2D eigenvalue weighted by atomic mass is 35.5. The lowest BCUT2D eigenvalue weighted by atomic mass is 10.0. The maximum absolute atomic E-state index is 3.60. The zero-order valence-corrected chi connectivity index (χ0v) is 27.7. The standard InChI is InChI=1S/2C6H12.Al.15ClH.H3N.3H/c1-2-4-6-5-3-1;1-3-5-6-4-2;;;;;;;;;;;;;;;;;;;;/h1-6H2;3H,1,4-6H2,2H3;;15*1H;1H3;;;. The van der Waals surface area contributed by atoms with Gasteiger partial charge < -0.3 is 6.15 Å². The minimum Gasteiger partial charge on any atom is -0.344 e. The topological polar surface area (TPSA) is 35.0 Å². The minimum atomic E-state index is 0. The lowest BCUT2D eigenvalue weighted by Gasteiger charge is -2.05. The number of allylic oxidation sites excluding steroid dienone is 1. The lowest BCUT2D eigenvalue weighted by Crippen LogP contribution is -1.85. The highest BCUT2D eigenvalue weighted by Gasteiger charge is 1.95. The van der Waals surface area contributed by atoms with Crippen molar-refractivity contribution in [3.8, 4) is 0 Å². The molecule has 0 aromatic heterocycles. The molecule has 0 aromatic rings. The van der Waals surface area contributed by atoms with Gasteiger partial charge in [0.25, 0.3) is 0 Å². The molecule has 0 spiro atoms. The molecule has 1 aliphatic rings. The lowest BCUT2D eigenvalue weighted by molar-refractivity contribution is 0.504. The van der Waals surface area contributed by atoms with Gasteiger partial charge in [0.2, 0.25) is 0 Å². The molecule has 1 saturated carbocycles. The van der Waals surface area contributed by atoms with Crippen molar-refractivity contribution < 1.29 is 0 Å². The van der Waals surface area contributed by atoms with Crippen molar-refractivity contribution in [1.29, 1.82) is 0 Å². The van der Waals surface area contributed by atoms with Gasteiger partial charge in [-0.3, -0.25) is 0 Å². The number of rotatable bonds is 3. The summed E-state index contributed by atoms with van der Waals surface area (Å²) in [4.78, 5) is 0. The van der Waals surface area contributed by atoms with Crippen LogP contribution >= 0.6 is 186 Å². The van der Waals surface area contributed by atoms with Crippen molar-refractivity contribution in [2.24, 2.45) is 0 Å².